The maximum atomic E-state index is 14.4. The molecule has 1 aromatic rings. The van der Waals surface area contributed by atoms with E-state index in [1.807, 2.05) is 65.9 Å². The summed E-state index contributed by atoms with van der Waals surface area (Å²) in [5, 5.41) is 20.7. The van der Waals surface area contributed by atoms with Crippen molar-refractivity contribution in [2.24, 2.45) is 35.3 Å². The summed E-state index contributed by atoms with van der Waals surface area (Å²) in [5.74, 6) is -3.55. The number of Topliss-reactive ketones (excluding diaryl/α,β-unsaturated/α-hetero) is 1. The van der Waals surface area contributed by atoms with Crippen molar-refractivity contribution in [3.8, 4) is 5.75 Å². The number of nitrogens with one attached hydrogen (secondary N) is 1. The molecule has 324 valence electrons. The van der Waals surface area contributed by atoms with Gasteiger partial charge in [0.15, 0.2) is 5.60 Å². The van der Waals surface area contributed by atoms with Crippen molar-refractivity contribution in [1.29, 1.82) is 0 Å². The van der Waals surface area contributed by atoms with Crippen molar-refractivity contribution in [2.75, 3.05) is 33.4 Å². The second-order valence-electron chi connectivity index (χ2n) is 17.4. The molecular weight excluding hydrogens is 748 g/mol. The lowest BCUT2D eigenvalue weighted by molar-refractivity contribution is -0.174. The number of esters is 1. The summed E-state index contributed by atoms with van der Waals surface area (Å²) in [6.45, 7) is 19.1. The van der Waals surface area contributed by atoms with Gasteiger partial charge in [0.1, 0.15) is 23.6 Å². The third kappa shape index (κ3) is 9.39. The highest BCUT2D eigenvalue weighted by molar-refractivity contribution is 6.00. The number of nitrogens with zero attached hydrogens (tertiary/aromatic N) is 2. The molecule has 2 amide bonds. The normalized spacial score (nSPS) is 37.2. The summed E-state index contributed by atoms with van der Waals surface area (Å²) in [6, 6.07) is 6.69. The van der Waals surface area contributed by atoms with Crippen LogP contribution in [0, 0.1) is 29.6 Å². The Bertz CT molecular complexity index is 1640. The highest BCUT2D eigenvalue weighted by Crippen LogP contribution is 2.49. The molecule has 5 N–H and O–H groups in total. The molecule has 4 aliphatic rings. The highest BCUT2D eigenvalue weighted by atomic mass is 16.6. The molecule has 0 aliphatic carbocycles. The van der Waals surface area contributed by atoms with Gasteiger partial charge in [-0.3, -0.25) is 29.4 Å². The number of aliphatic hydroxyl groups excluding tert-OH is 1. The third-order valence-electron chi connectivity index (χ3n) is 13.5. The van der Waals surface area contributed by atoms with Gasteiger partial charge < -0.3 is 34.5 Å². The van der Waals surface area contributed by atoms with Crippen LogP contribution in [-0.4, -0.2) is 125 Å². The maximum absolute atomic E-state index is 14.4. The quantitative estimate of drug-likeness (QED) is 0.0777. The monoisotopic (exact) mass is 814 g/mol. The molecule has 4 aliphatic heterocycles. The van der Waals surface area contributed by atoms with Crippen molar-refractivity contribution in [3.05, 3.63) is 42.0 Å². The smallest absolute Gasteiger partial charge is 0.410 e. The zero-order valence-electron chi connectivity index (χ0n) is 35.5. The second-order valence-corrected chi connectivity index (χ2v) is 17.4. The first-order valence-electron chi connectivity index (χ1n) is 20.8. The summed E-state index contributed by atoms with van der Waals surface area (Å²) in [7, 11) is 1.97. The molecule has 0 saturated carbocycles. The lowest BCUT2D eigenvalue weighted by Crippen LogP contribution is -2.57. The summed E-state index contributed by atoms with van der Waals surface area (Å²) in [4.78, 5) is 56.8. The van der Waals surface area contributed by atoms with E-state index < -0.39 is 71.3 Å². The number of hydrogen-bond acceptors (Lipinski definition) is 13. The second kappa shape index (κ2) is 18.8. The first kappa shape index (κ1) is 45.5. The Balaban J connectivity index is 1.39. The van der Waals surface area contributed by atoms with Crippen molar-refractivity contribution in [2.45, 2.75) is 135 Å². The number of aliphatic hydroxyl groups is 1. The van der Waals surface area contributed by atoms with E-state index in [9.17, 15) is 24.3 Å². The van der Waals surface area contributed by atoms with Crippen LogP contribution in [-0.2, 0) is 39.9 Å². The first-order chi connectivity index (χ1) is 27.4. The zero-order valence-corrected chi connectivity index (χ0v) is 35.5. The van der Waals surface area contributed by atoms with Crippen molar-refractivity contribution in [3.63, 3.8) is 0 Å². The number of rotatable bonds is 12. The van der Waals surface area contributed by atoms with Crippen LogP contribution in [0.25, 0.3) is 0 Å². The van der Waals surface area contributed by atoms with E-state index in [2.05, 4.69) is 11.5 Å². The van der Waals surface area contributed by atoms with Gasteiger partial charge in [-0.2, -0.15) is 0 Å². The molecule has 13 atom stereocenters. The van der Waals surface area contributed by atoms with E-state index >= 15 is 0 Å². The average Bonchev–Trinajstić information content (AvgIpc) is 3.72. The molecule has 4 heterocycles. The molecule has 0 unspecified atom stereocenters. The fourth-order valence-electron chi connectivity index (χ4n) is 10.1. The molecule has 0 radical (unpaired) electrons. The minimum atomic E-state index is -1.22. The molecule has 5 rings (SSSR count). The number of cyclic esters (lactones) is 1. The zero-order chi connectivity index (χ0) is 42.7. The lowest BCUT2D eigenvalue weighted by Gasteiger charge is -2.46. The molecular formula is C43H66N4O11. The van der Waals surface area contributed by atoms with E-state index in [-0.39, 0.29) is 55.9 Å². The van der Waals surface area contributed by atoms with Gasteiger partial charge in [0.25, 0.3) is 0 Å². The summed E-state index contributed by atoms with van der Waals surface area (Å²) < 4.78 is 31.0. The number of ether oxygens (including phenoxy) is 5. The van der Waals surface area contributed by atoms with Gasteiger partial charge in [-0.05, 0) is 84.0 Å². The van der Waals surface area contributed by atoms with Crippen molar-refractivity contribution < 1.29 is 53.2 Å². The maximum Gasteiger partial charge on any atom is 0.410 e. The number of hydroxylamine groups is 1. The molecule has 58 heavy (non-hydrogen) atoms. The largest absolute Gasteiger partial charge is 0.493 e. The molecule has 0 aromatic heterocycles. The van der Waals surface area contributed by atoms with E-state index in [4.69, 9.17) is 34.6 Å². The molecule has 4 fully saturated rings. The van der Waals surface area contributed by atoms with Gasteiger partial charge in [-0.1, -0.05) is 45.1 Å². The number of fused-ring (bicyclic) bond motifs is 3. The van der Waals surface area contributed by atoms with Crippen LogP contribution in [0.1, 0.15) is 86.1 Å². The van der Waals surface area contributed by atoms with Crippen LogP contribution in [0.3, 0.4) is 0 Å². The summed E-state index contributed by atoms with van der Waals surface area (Å²) in [5.41, 5.74) is 7.36. The average molecular weight is 815 g/mol. The Morgan fingerprint density at radius 2 is 1.81 bits per heavy atom. The molecule has 15 nitrogen and oxygen atoms in total. The fourth-order valence-corrected chi connectivity index (χ4v) is 10.1. The summed E-state index contributed by atoms with van der Waals surface area (Å²) >= 11 is 0. The van der Waals surface area contributed by atoms with Gasteiger partial charge in [-0.15, -0.1) is 0 Å². The topological polar surface area (TPSA) is 199 Å². The number of amides is 2. The third-order valence-corrected chi connectivity index (χ3v) is 13.5. The number of carbonyl (C=O) groups excluding carboxylic acids is 4. The predicted octanol–water partition coefficient (Wildman–Crippen LogP) is 4.01. The number of ketones is 1. The molecule has 15 heteroatoms. The minimum absolute atomic E-state index is 0.0223. The fraction of sp³-hybridized carbons (Fsp3) is 0.721. The minimum Gasteiger partial charge on any atom is -0.493 e. The Kier molecular flexibility index (Phi) is 14.7. The van der Waals surface area contributed by atoms with Crippen molar-refractivity contribution >= 4 is 23.8 Å². The lowest BCUT2D eigenvalue weighted by atomic mass is 9.68. The SMILES string of the molecule is C=C1[C@@H]2CO[C@](C)(C2)[C@H](C[C@@H]2O[C@H](C)C[C@H](N(C)Cc3ccc(OCCC(=O)NO)cc3)[C@H]2O)[C@@H](C)C(=O)[C@@H](C)C(=O)O[C@H](CC)[C@@]2(C)OC(=O)N(CCN)[C@@H]2[C@H]1C. The number of carbonyl (C=O) groups is 4. The van der Waals surface area contributed by atoms with E-state index in [0.717, 1.165) is 11.1 Å². The van der Waals surface area contributed by atoms with E-state index in [0.29, 0.717) is 44.6 Å². The molecule has 1 aromatic carbocycles. The standard InChI is InChI=1S/C43H66N4O11/c1-10-35-43(8)39(47(17-16-44)41(52)58-43)26(4)25(3)30-21-42(7,55-23-30)32(27(5)37(49)28(6)40(51)57-35)20-34-38(50)33(19-24(2)56-34)46(9)22-29-11-13-31(14-12-29)54-18-15-36(48)45-53/h11-14,24,26-28,30,32-35,38-39,50,53H,3,10,15-23,44H2,1-2,4-9H3,(H,45,48)/t24-,26+,27-,28-,30+,32-,33+,34+,35-,38-,39-,42-,43-/m1/s1. The highest BCUT2D eigenvalue weighted by Gasteiger charge is 2.60. The van der Waals surface area contributed by atoms with E-state index in [1.54, 1.807) is 24.2 Å². The Morgan fingerprint density at radius 3 is 2.45 bits per heavy atom. The first-order valence-corrected chi connectivity index (χ1v) is 20.8. The van der Waals surface area contributed by atoms with Gasteiger partial charge in [0.05, 0.1) is 49.6 Å². The van der Waals surface area contributed by atoms with Crippen molar-refractivity contribution in [1.82, 2.24) is 15.3 Å². The number of likely N-dealkylation sites (N-methyl/N-ethyl adjacent to an activating group) is 1. The number of nitrogens with two attached hydrogens (primary N) is 1. The number of benzene rings is 1. The Morgan fingerprint density at radius 1 is 1.12 bits per heavy atom. The van der Waals surface area contributed by atoms with Gasteiger partial charge in [0, 0.05) is 43.4 Å². The Labute approximate surface area is 342 Å². The van der Waals surface area contributed by atoms with Crippen LogP contribution in [0.5, 0.6) is 5.75 Å². The van der Waals surface area contributed by atoms with Gasteiger partial charge in [-0.25, -0.2) is 10.3 Å². The Hall–Kier alpha value is -3.60. The molecule has 0 spiro atoms. The number of hydrogen-bond donors (Lipinski definition) is 4. The predicted molar refractivity (Wildman–Crippen MR) is 214 cm³/mol. The van der Waals surface area contributed by atoms with Crippen LogP contribution >= 0.6 is 0 Å². The van der Waals surface area contributed by atoms with Gasteiger partial charge >= 0.3 is 12.1 Å². The molecule has 4 saturated heterocycles. The van der Waals surface area contributed by atoms with Crippen LogP contribution in [0.2, 0.25) is 0 Å². The van der Waals surface area contributed by atoms with Crippen LogP contribution < -0.4 is 16.0 Å². The van der Waals surface area contributed by atoms with Crippen LogP contribution in [0.4, 0.5) is 4.79 Å². The van der Waals surface area contributed by atoms with Crippen LogP contribution in [0.15, 0.2) is 36.4 Å². The van der Waals surface area contributed by atoms with Gasteiger partial charge in [0.2, 0.25) is 5.91 Å². The van der Waals surface area contributed by atoms with E-state index in [1.165, 1.54) is 0 Å². The summed E-state index contributed by atoms with van der Waals surface area (Å²) in [6.07, 6.45) is -1.28. The molecule has 2 bridgehead atoms.